The van der Waals surface area contributed by atoms with Gasteiger partial charge in [-0.1, -0.05) is 42.0 Å². The average Bonchev–Trinajstić information content (AvgIpc) is 2.67. The minimum atomic E-state index is 0.205. The van der Waals surface area contributed by atoms with Crippen molar-refractivity contribution in [3.63, 3.8) is 0 Å². The summed E-state index contributed by atoms with van der Waals surface area (Å²) in [7, 11) is 1.66. The summed E-state index contributed by atoms with van der Waals surface area (Å²) in [6.07, 6.45) is 0. The average molecular weight is 371 g/mol. The molecular weight excluding hydrogens is 344 g/mol. The number of rotatable bonds is 6. The van der Waals surface area contributed by atoms with Gasteiger partial charge in [0.2, 0.25) is 5.91 Å². The number of carbonyl (C=O) groups is 1. The van der Waals surface area contributed by atoms with Crippen molar-refractivity contribution < 1.29 is 9.53 Å². The first-order valence-corrected chi connectivity index (χ1v) is 9.96. The first-order valence-electron chi connectivity index (χ1n) is 8.97. The van der Waals surface area contributed by atoms with Crippen molar-refractivity contribution in [1.29, 1.82) is 0 Å². The van der Waals surface area contributed by atoms with Gasteiger partial charge in [-0.25, -0.2) is 0 Å². The van der Waals surface area contributed by atoms with Gasteiger partial charge in [0, 0.05) is 37.6 Å². The second kappa shape index (κ2) is 9.10. The van der Waals surface area contributed by atoms with E-state index in [1.807, 2.05) is 29.2 Å². The summed E-state index contributed by atoms with van der Waals surface area (Å²) in [4.78, 5) is 17.9. The number of benzene rings is 2. The van der Waals surface area contributed by atoms with Gasteiger partial charge >= 0.3 is 0 Å². The largest absolute Gasteiger partial charge is 0.496 e. The standard InChI is InChI=1S/C21H26N2O2S/c1-17-6-5-7-18(14-17)15-22-10-12-23(13-11-22)21(24)16-26-20-9-4-3-8-19(20)25-2/h3-9,14H,10-13,15-16H2,1-2H3. The quantitative estimate of drug-likeness (QED) is 0.729. The van der Waals surface area contributed by atoms with Crippen LogP contribution >= 0.6 is 11.8 Å². The fourth-order valence-electron chi connectivity index (χ4n) is 3.19. The number of thioether (sulfide) groups is 1. The topological polar surface area (TPSA) is 32.8 Å². The molecule has 0 N–H and O–H groups in total. The lowest BCUT2D eigenvalue weighted by atomic mass is 10.1. The number of aryl methyl sites for hydroxylation is 1. The van der Waals surface area contributed by atoms with Crippen molar-refractivity contribution in [2.45, 2.75) is 18.4 Å². The van der Waals surface area contributed by atoms with E-state index in [9.17, 15) is 4.79 Å². The highest BCUT2D eigenvalue weighted by atomic mass is 32.2. The second-order valence-electron chi connectivity index (χ2n) is 6.59. The summed E-state index contributed by atoms with van der Waals surface area (Å²) in [5.41, 5.74) is 2.64. The minimum absolute atomic E-state index is 0.205. The normalized spacial score (nSPS) is 15.1. The fraction of sp³-hybridized carbons (Fsp3) is 0.381. The van der Waals surface area contributed by atoms with E-state index in [1.165, 1.54) is 11.1 Å². The Kier molecular flexibility index (Phi) is 6.58. The van der Waals surface area contributed by atoms with Gasteiger partial charge in [-0.2, -0.15) is 0 Å². The van der Waals surface area contributed by atoms with Gasteiger partial charge in [0.15, 0.2) is 0 Å². The number of nitrogens with zero attached hydrogens (tertiary/aromatic N) is 2. The molecule has 3 rings (SSSR count). The van der Waals surface area contributed by atoms with Crippen molar-refractivity contribution in [3.05, 3.63) is 59.7 Å². The maximum atomic E-state index is 12.5. The molecule has 0 spiro atoms. The van der Waals surface area contributed by atoms with Crippen molar-refractivity contribution in [2.75, 3.05) is 39.0 Å². The lowest BCUT2D eigenvalue weighted by Gasteiger charge is -2.34. The molecule has 26 heavy (non-hydrogen) atoms. The molecule has 5 heteroatoms. The predicted molar refractivity (Wildman–Crippen MR) is 107 cm³/mol. The molecule has 0 bridgehead atoms. The molecule has 0 atom stereocenters. The van der Waals surface area contributed by atoms with Crippen molar-refractivity contribution in [3.8, 4) is 5.75 Å². The Hall–Kier alpha value is -1.98. The zero-order chi connectivity index (χ0) is 18.4. The third-order valence-corrected chi connectivity index (χ3v) is 5.67. The van der Waals surface area contributed by atoms with E-state index in [0.29, 0.717) is 5.75 Å². The van der Waals surface area contributed by atoms with Crippen molar-refractivity contribution in [1.82, 2.24) is 9.80 Å². The number of methoxy groups -OCH3 is 1. The number of hydrogen-bond acceptors (Lipinski definition) is 4. The highest BCUT2D eigenvalue weighted by Crippen LogP contribution is 2.28. The molecule has 1 aliphatic heterocycles. The summed E-state index contributed by atoms with van der Waals surface area (Å²) < 4.78 is 5.35. The van der Waals surface area contributed by atoms with Crippen LogP contribution in [0.15, 0.2) is 53.4 Å². The molecule has 138 valence electrons. The van der Waals surface area contributed by atoms with Crippen LogP contribution in [0.25, 0.3) is 0 Å². The van der Waals surface area contributed by atoms with Gasteiger partial charge in [0.05, 0.1) is 12.9 Å². The van der Waals surface area contributed by atoms with E-state index in [1.54, 1.807) is 18.9 Å². The zero-order valence-electron chi connectivity index (χ0n) is 15.5. The lowest BCUT2D eigenvalue weighted by molar-refractivity contribution is -0.130. The highest BCUT2D eigenvalue weighted by molar-refractivity contribution is 8.00. The van der Waals surface area contributed by atoms with Gasteiger partial charge in [0.1, 0.15) is 5.75 Å². The molecule has 1 amide bonds. The molecule has 0 saturated carbocycles. The number of ether oxygens (including phenoxy) is 1. The third kappa shape index (κ3) is 5.02. The lowest BCUT2D eigenvalue weighted by Crippen LogP contribution is -2.48. The van der Waals surface area contributed by atoms with E-state index in [0.717, 1.165) is 43.4 Å². The maximum absolute atomic E-state index is 12.5. The van der Waals surface area contributed by atoms with Crippen LogP contribution in [0.4, 0.5) is 0 Å². The minimum Gasteiger partial charge on any atom is -0.496 e. The molecule has 2 aromatic rings. The summed E-state index contributed by atoms with van der Waals surface area (Å²) in [6.45, 7) is 6.55. The van der Waals surface area contributed by atoms with Gasteiger partial charge in [0.25, 0.3) is 0 Å². The van der Waals surface area contributed by atoms with Gasteiger partial charge in [-0.15, -0.1) is 11.8 Å². The predicted octanol–water partition coefficient (Wildman–Crippen LogP) is 3.44. The Morgan fingerprint density at radius 1 is 1.08 bits per heavy atom. The number of carbonyl (C=O) groups excluding carboxylic acids is 1. The SMILES string of the molecule is COc1ccccc1SCC(=O)N1CCN(Cc2cccc(C)c2)CC1. The van der Waals surface area contributed by atoms with Crippen molar-refractivity contribution in [2.24, 2.45) is 0 Å². The molecule has 1 heterocycles. The van der Waals surface area contributed by atoms with Crippen LogP contribution in [0.1, 0.15) is 11.1 Å². The van der Waals surface area contributed by atoms with Crippen LogP contribution in [-0.4, -0.2) is 54.7 Å². The van der Waals surface area contributed by atoms with Crippen LogP contribution in [0.5, 0.6) is 5.75 Å². The molecule has 1 aliphatic rings. The first kappa shape index (κ1) is 18.8. The van der Waals surface area contributed by atoms with Gasteiger partial charge < -0.3 is 9.64 Å². The number of para-hydroxylation sites is 1. The molecule has 0 aliphatic carbocycles. The first-order chi connectivity index (χ1) is 12.7. The zero-order valence-corrected chi connectivity index (χ0v) is 16.3. The van der Waals surface area contributed by atoms with E-state index in [4.69, 9.17) is 4.74 Å². The van der Waals surface area contributed by atoms with E-state index in [2.05, 4.69) is 36.1 Å². The molecule has 1 fully saturated rings. The fourth-order valence-corrected chi connectivity index (χ4v) is 4.12. The molecule has 2 aromatic carbocycles. The van der Waals surface area contributed by atoms with E-state index in [-0.39, 0.29) is 5.91 Å². The van der Waals surface area contributed by atoms with Crippen LogP contribution in [0.3, 0.4) is 0 Å². The maximum Gasteiger partial charge on any atom is 0.233 e. The summed E-state index contributed by atoms with van der Waals surface area (Å²) in [6, 6.07) is 16.5. The molecule has 0 aromatic heterocycles. The number of hydrogen-bond donors (Lipinski definition) is 0. The Morgan fingerprint density at radius 3 is 2.58 bits per heavy atom. The Bertz CT molecular complexity index is 742. The summed E-state index contributed by atoms with van der Waals surface area (Å²) >= 11 is 1.55. The Labute approximate surface area is 160 Å². The molecule has 0 unspecified atom stereocenters. The monoisotopic (exact) mass is 370 g/mol. The van der Waals surface area contributed by atoms with Gasteiger partial charge in [-0.3, -0.25) is 9.69 Å². The van der Waals surface area contributed by atoms with Crippen molar-refractivity contribution >= 4 is 17.7 Å². The highest BCUT2D eigenvalue weighted by Gasteiger charge is 2.21. The Morgan fingerprint density at radius 2 is 1.85 bits per heavy atom. The van der Waals surface area contributed by atoms with E-state index >= 15 is 0 Å². The number of piperazine rings is 1. The molecule has 1 saturated heterocycles. The summed E-state index contributed by atoms with van der Waals surface area (Å²) in [5, 5.41) is 0. The molecular formula is C21H26N2O2S. The molecule has 4 nitrogen and oxygen atoms in total. The smallest absolute Gasteiger partial charge is 0.233 e. The summed E-state index contributed by atoms with van der Waals surface area (Å²) in [5.74, 6) is 1.49. The Balaban J connectivity index is 1.46. The van der Waals surface area contributed by atoms with Crippen LogP contribution in [0.2, 0.25) is 0 Å². The van der Waals surface area contributed by atoms with Gasteiger partial charge in [-0.05, 0) is 24.6 Å². The van der Waals surface area contributed by atoms with E-state index < -0.39 is 0 Å². The van der Waals surface area contributed by atoms with Crippen LogP contribution in [0, 0.1) is 6.92 Å². The molecule has 0 radical (unpaired) electrons. The second-order valence-corrected chi connectivity index (χ2v) is 7.60. The van der Waals surface area contributed by atoms with Crippen LogP contribution < -0.4 is 4.74 Å². The number of amides is 1. The van der Waals surface area contributed by atoms with Crippen LogP contribution in [-0.2, 0) is 11.3 Å². The third-order valence-electron chi connectivity index (χ3n) is 4.63.